The number of ether oxygens (including phenoxy) is 1. The molecule has 6 heteroatoms. The molecule has 0 radical (unpaired) electrons. The van der Waals surface area contributed by atoms with Crippen LogP contribution in [0.4, 0.5) is 0 Å². The Hall–Kier alpha value is -1.79. The summed E-state index contributed by atoms with van der Waals surface area (Å²) >= 11 is 1.79. The van der Waals surface area contributed by atoms with Gasteiger partial charge < -0.3 is 9.64 Å². The first-order chi connectivity index (χ1) is 11.8. The van der Waals surface area contributed by atoms with Crippen molar-refractivity contribution in [3.8, 4) is 11.3 Å². The highest BCUT2D eigenvalue weighted by molar-refractivity contribution is 7.98. The van der Waals surface area contributed by atoms with Crippen LogP contribution in [0.2, 0.25) is 0 Å². The van der Waals surface area contributed by atoms with Gasteiger partial charge in [0.15, 0.2) is 5.69 Å². The summed E-state index contributed by atoms with van der Waals surface area (Å²) in [6.07, 6.45) is 0.995. The number of carbonyl (C=O) groups excluding carboxylic acids is 1. The van der Waals surface area contributed by atoms with Crippen molar-refractivity contribution in [3.05, 3.63) is 35.5 Å². The van der Waals surface area contributed by atoms with Crippen LogP contribution >= 0.6 is 11.8 Å². The van der Waals surface area contributed by atoms with Crippen LogP contribution in [0.1, 0.15) is 29.4 Å². The number of carbonyl (C=O) groups is 1. The molecule has 4 rings (SSSR count). The number of aromatic nitrogens is 2. The highest BCUT2D eigenvalue weighted by Crippen LogP contribution is 2.42. The SMILES string of the molecule is CCCn1nc(C(=O)N2CCOCC2)c2c1-c1ccccc1SC2. The predicted molar refractivity (Wildman–Crippen MR) is 94.2 cm³/mol. The van der Waals surface area contributed by atoms with Crippen molar-refractivity contribution in [2.45, 2.75) is 30.5 Å². The number of benzene rings is 1. The van der Waals surface area contributed by atoms with Crippen LogP contribution in [0, 0.1) is 0 Å². The molecule has 0 unspecified atom stereocenters. The molecular weight excluding hydrogens is 322 g/mol. The van der Waals surface area contributed by atoms with Crippen LogP contribution in [0.25, 0.3) is 11.3 Å². The predicted octanol–water partition coefficient (Wildman–Crippen LogP) is 3.04. The number of hydrogen-bond donors (Lipinski definition) is 0. The number of thioether (sulfide) groups is 1. The van der Waals surface area contributed by atoms with Gasteiger partial charge in [0.25, 0.3) is 5.91 Å². The zero-order valence-electron chi connectivity index (χ0n) is 13.8. The van der Waals surface area contributed by atoms with Gasteiger partial charge in [-0.1, -0.05) is 25.1 Å². The molecule has 1 saturated heterocycles. The minimum absolute atomic E-state index is 0.0457. The van der Waals surface area contributed by atoms with Crippen LogP contribution in [0.5, 0.6) is 0 Å². The molecule has 2 aliphatic rings. The quantitative estimate of drug-likeness (QED) is 0.859. The first-order valence-corrected chi connectivity index (χ1v) is 9.47. The van der Waals surface area contributed by atoms with Gasteiger partial charge >= 0.3 is 0 Å². The number of morpholine rings is 1. The van der Waals surface area contributed by atoms with Crippen molar-refractivity contribution in [3.63, 3.8) is 0 Å². The van der Waals surface area contributed by atoms with E-state index in [9.17, 15) is 4.79 Å². The molecule has 0 atom stereocenters. The maximum Gasteiger partial charge on any atom is 0.274 e. The molecule has 1 amide bonds. The van der Waals surface area contributed by atoms with Crippen LogP contribution in [0.3, 0.4) is 0 Å². The summed E-state index contributed by atoms with van der Waals surface area (Å²) in [5.41, 5.74) is 4.04. The molecule has 1 aromatic heterocycles. The Morgan fingerprint density at radius 3 is 2.88 bits per heavy atom. The molecule has 0 N–H and O–H groups in total. The third kappa shape index (κ3) is 2.63. The maximum absolute atomic E-state index is 13.0. The summed E-state index contributed by atoms with van der Waals surface area (Å²) in [5, 5.41) is 4.73. The molecule has 2 aliphatic heterocycles. The van der Waals surface area contributed by atoms with Crippen molar-refractivity contribution in [2.75, 3.05) is 26.3 Å². The van der Waals surface area contributed by atoms with Gasteiger partial charge in [-0.2, -0.15) is 5.10 Å². The molecule has 1 aromatic carbocycles. The minimum Gasteiger partial charge on any atom is -0.378 e. The zero-order valence-corrected chi connectivity index (χ0v) is 14.6. The second-order valence-corrected chi connectivity index (χ2v) is 7.11. The summed E-state index contributed by atoms with van der Waals surface area (Å²) in [4.78, 5) is 16.1. The monoisotopic (exact) mass is 343 g/mol. The van der Waals surface area contributed by atoms with Crippen molar-refractivity contribution in [1.82, 2.24) is 14.7 Å². The molecule has 1 fully saturated rings. The van der Waals surface area contributed by atoms with Crippen molar-refractivity contribution >= 4 is 17.7 Å². The Bertz CT molecular complexity index is 766. The number of amides is 1. The minimum atomic E-state index is 0.0457. The molecule has 2 aromatic rings. The van der Waals surface area contributed by atoms with Gasteiger partial charge in [0.2, 0.25) is 0 Å². The summed E-state index contributed by atoms with van der Waals surface area (Å²) < 4.78 is 7.39. The highest BCUT2D eigenvalue weighted by Gasteiger charge is 2.31. The third-order valence-electron chi connectivity index (χ3n) is 4.50. The topological polar surface area (TPSA) is 47.4 Å². The van der Waals surface area contributed by atoms with E-state index in [1.807, 2.05) is 9.58 Å². The molecule has 0 bridgehead atoms. The molecule has 0 saturated carbocycles. The van der Waals surface area contributed by atoms with Gasteiger partial charge in [0.1, 0.15) is 0 Å². The van der Waals surface area contributed by atoms with E-state index in [-0.39, 0.29) is 5.91 Å². The number of rotatable bonds is 3. The van der Waals surface area contributed by atoms with E-state index in [1.54, 1.807) is 11.8 Å². The number of hydrogen-bond acceptors (Lipinski definition) is 4. The Kier molecular flexibility index (Phi) is 4.33. The number of fused-ring (bicyclic) bond motifs is 3. The van der Waals surface area contributed by atoms with E-state index >= 15 is 0 Å². The molecule has 3 heterocycles. The van der Waals surface area contributed by atoms with Crippen molar-refractivity contribution in [1.29, 1.82) is 0 Å². The smallest absolute Gasteiger partial charge is 0.274 e. The molecule has 0 spiro atoms. The lowest BCUT2D eigenvalue weighted by Gasteiger charge is -2.26. The van der Waals surface area contributed by atoms with Gasteiger partial charge in [0, 0.05) is 41.4 Å². The second kappa shape index (κ2) is 6.61. The average molecular weight is 343 g/mol. The standard InChI is InChI=1S/C18H21N3O2S/c1-2-7-21-17-13-5-3-4-6-15(13)24-12-14(17)16(19-21)18(22)20-8-10-23-11-9-20/h3-6H,2,7-12H2,1H3. The zero-order chi connectivity index (χ0) is 16.5. The van der Waals surface area contributed by atoms with Crippen molar-refractivity contribution < 1.29 is 9.53 Å². The lowest BCUT2D eigenvalue weighted by Crippen LogP contribution is -2.41. The van der Waals surface area contributed by atoms with Crippen LogP contribution in [0.15, 0.2) is 29.2 Å². The van der Waals surface area contributed by atoms with Crippen molar-refractivity contribution in [2.24, 2.45) is 0 Å². The van der Waals surface area contributed by atoms with E-state index in [2.05, 4.69) is 31.2 Å². The fraction of sp³-hybridized carbons (Fsp3) is 0.444. The Morgan fingerprint density at radius 2 is 2.08 bits per heavy atom. The van der Waals surface area contributed by atoms with Crippen LogP contribution in [-0.4, -0.2) is 46.9 Å². The van der Waals surface area contributed by atoms with E-state index in [1.165, 1.54) is 10.5 Å². The van der Waals surface area contributed by atoms with Gasteiger partial charge in [0.05, 0.1) is 18.9 Å². The fourth-order valence-corrected chi connectivity index (χ4v) is 4.41. The molecule has 126 valence electrons. The lowest BCUT2D eigenvalue weighted by molar-refractivity contribution is 0.0298. The van der Waals surface area contributed by atoms with Crippen LogP contribution in [-0.2, 0) is 17.0 Å². The largest absolute Gasteiger partial charge is 0.378 e. The summed E-state index contributed by atoms with van der Waals surface area (Å²) in [6, 6.07) is 8.41. The average Bonchev–Trinajstić information content (AvgIpc) is 3.01. The molecule has 24 heavy (non-hydrogen) atoms. The molecular formula is C18H21N3O2S. The van der Waals surface area contributed by atoms with Crippen LogP contribution < -0.4 is 0 Å². The fourth-order valence-electron chi connectivity index (χ4n) is 3.34. The summed E-state index contributed by atoms with van der Waals surface area (Å²) in [7, 11) is 0. The van der Waals surface area contributed by atoms with Gasteiger partial charge in [-0.15, -0.1) is 11.8 Å². The van der Waals surface area contributed by atoms with Gasteiger partial charge in [-0.05, 0) is 12.5 Å². The highest BCUT2D eigenvalue weighted by atomic mass is 32.2. The van der Waals surface area contributed by atoms with E-state index in [0.29, 0.717) is 32.0 Å². The van der Waals surface area contributed by atoms with Gasteiger partial charge in [-0.3, -0.25) is 9.48 Å². The lowest BCUT2D eigenvalue weighted by atomic mass is 10.1. The first kappa shape index (κ1) is 15.7. The Labute approximate surface area is 146 Å². The third-order valence-corrected chi connectivity index (χ3v) is 5.60. The summed E-state index contributed by atoms with van der Waals surface area (Å²) in [6.45, 7) is 5.50. The van der Waals surface area contributed by atoms with E-state index in [4.69, 9.17) is 9.84 Å². The molecule has 5 nitrogen and oxygen atoms in total. The first-order valence-electron chi connectivity index (χ1n) is 8.48. The normalized spacial score (nSPS) is 16.6. The second-order valence-electron chi connectivity index (χ2n) is 6.09. The van der Waals surface area contributed by atoms with Gasteiger partial charge in [-0.25, -0.2) is 0 Å². The molecule has 0 aliphatic carbocycles. The summed E-state index contributed by atoms with van der Waals surface area (Å²) in [5.74, 6) is 0.853. The van der Waals surface area contributed by atoms with E-state index in [0.717, 1.165) is 30.0 Å². The number of nitrogens with zero attached hydrogens (tertiary/aromatic N) is 3. The number of aryl methyl sites for hydroxylation is 1. The van der Waals surface area contributed by atoms with E-state index < -0.39 is 0 Å². The Balaban J connectivity index is 1.79. The Morgan fingerprint density at radius 1 is 1.29 bits per heavy atom. The maximum atomic E-state index is 13.0.